The molecule has 28 heavy (non-hydrogen) atoms. The number of fused-ring (bicyclic) bond motifs is 1. The summed E-state index contributed by atoms with van der Waals surface area (Å²) < 4.78 is 5.12. The van der Waals surface area contributed by atoms with Gasteiger partial charge in [-0.05, 0) is 35.7 Å². The molecule has 1 N–H and O–H groups in total. The molecule has 6 nitrogen and oxygen atoms in total. The molecule has 2 aromatic carbocycles. The lowest BCUT2D eigenvalue weighted by Gasteiger charge is -2.27. The molecule has 1 fully saturated rings. The average Bonchev–Trinajstić information content (AvgIpc) is 2.74. The Morgan fingerprint density at radius 3 is 2.61 bits per heavy atom. The van der Waals surface area contributed by atoms with Gasteiger partial charge in [0.2, 0.25) is 4.74 Å². The first-order valence-corrected chi connectivity index (χ1v) is 9.75. The number of carbonyl (C=O) groups excluding carboxylic acids is 2. The van der Waals surface area contributed by atoms with E-state index in [1.165, 1.54) is 0 Å². The zero-order chi connectivity index (χ0) is 19.5. The second-order valence-electron chi connectivity index (χ2n) is 6.42. The van der Waals surface area contributed by atoms with Gasteiger partial charge in [0.1, 0.15) is 0 Å². The molecule has 2 heterocycles. The maximum Gasteiger partial charge on any atom is 0.265 e. The van der Waals surface area contributed by atoms with Crippen LogP contribution in [0.3, 0.4) is 0 Å². The summed E-state index contributed by atoms with van der Waals surface area (Å²) in [5, 5.41) is 4.11. The predicted molar refractivity (Wildman–Crippen MR) is 109 cm³/mol. The van der Waals surface area contributed by atoms with Gasteiger partial charge in [-0.3, -0.25) is 14.4 Å². The molecular weight excluding hydrogens is 376 g/mol. The molecule has 1 aliphatic rings. The molecule has 0 bridgehead atoms. The largest absolute Gasteiger partial charge is 0.378 e. The first-order valence-electron chi connectivity index (χ1n) is 8.93. The minimum atomic E-state index is -0.371. The number of amides is 2. The second kappa shape index (κ2) is 7.92. The number of morpholine rings is 1. The minimum absolute atomic E-state index is 0.0882. The lowest BCUT2D eigenvalue weighted by molar-refractivity contribution is 0.0303. The second-order valence-corrected chi connectivity index (χ2v) is 7.44. The Morgan fingerprint density at radius 2 is 1.79 bits per heavy atom. The molecule has 0 saturated carbocycles. The Labute approximate surface area is 165 Å². The Bertz CT molecular complexity index is 1100. The van der Waals surface area contributed by atoms with Gasteiger partial charge in [-0.1, -0.05) is 35.6 Å². The van der Waals surface area contributed by atoms with Gasteiger partial charge in [0, 0.05) is 29.7 Å². The molecule has 3 aromatic rings. The number of carbonyl (C=O) groups is 2. The molecule has 0 atom stereocenters. The normalized spacial score (nSPS) is 14.1. The van der Waals surface area contributed by atoms with E-state index in [-0.39, 0.29) is 16.6 Å². The van der Waals surface area contributed by atoms with Crippen LogP contribution < -0.4 is 10.1 Å². The standard InChI is InChI=1S/C21H18N2O4S/c24-19(18-13-14-4-1-2-7-17(14)21(26)28-18)22-16-6-3-5-15(12-16)20(25)23-8-10-27-11-9-23/h1-7,12-13H,8-11H2,(H,22,24). The van der Waals surface area contributed by atoms with Gasteiger partial charge in [0.15, 0.2) is 0 Å². The molecule has 1 saturated heterocycles. The van der Waals surface area contributed by atoms with Crippen LogP contribution in [-0.2, 0) is 4.74 Å². The highest BCUT2D eigenvalue weighted by atomic mass is 32.1. The quantitative estimate of drug-likeness (QED) is 0.741. The number of nitrogens with zero attached hydrogens (tertiary/aromatic N) is 1. The SMILES string of the molecule is O=C(Nc1cccc(C(=O)N2CCOCC2)c1)c1cc2ccccc2c(=O)s1. The molecule has 0 radical (unpaired) electrons. The van der Waals surface area contributed by atoms with Crippen molar-refractivity contribution < 1.29 is 14.3 Å². The molecule has 0 unspecified atom stereocenters. The van der Waals surface area contributed by atoms with Crippen LogP contribution in [0.2, 0.25) is 0 Å². The van der Waals surface area contributed by atoms with E-state index in [4.69, 9.17) is 4.74 Å². The third-order valence-corrected chi connectivity index (χ3v) is 5.49. The van der Waals surface area contributed by atoms with Gasteiger partial charge >= 0.3 is 0 Å². The van der Waals surface area contributed by atoms with Crippen molar-refractivity contribution in [2.45, 2.75) is 0 Å². The zero-order valence-electron chi connectivity index (χ0n) is 15.0. The summed E-state index contributed by atoms with van der Waals surface area (Å²) in [5.41, 5.74) is 1.02. The first-order chi connectivity index (χ1) is 13.6. The fourth-order valence-corrected chi connectivity index (χ4v) is 3.94. The van der Waals surface area contributed by atoms with E-state index in [0.29, 0.717) is 47.8 Å². The van der Waals surface area contributed by atoms with Crippen LogP contribution in [0.4, 0.5) is 5.69 Å². The van der Waals surface area contributed by atoms with E-state index >= 15 is 0 Å². The van der Waals surface area contributed by atoms with Gasteiger partial charge in [-0.2, -0.15) is 0 Å². The van der Waals surface area contributed by atoms with Crippen LogP contribution >= 0.6 is 11.3 Å². The average molecular weight is 394 g/mol. The van der Waals surface area contributed by atoms with E-state index in [1.54, 1.807) is 47.4 Å². The number of benzene rings is 2. The number of hydrogen-bond acceptors (Lipinski definition) is 5. The third kappa shape index (κ3) is 3.81. The van der Waals surface area contributed by atoms with E-state index in [9.17, 15) is 14.4 Å². The van der Waals surface area contributed by atoms with Crippen LogP contribution in [-0.4, -0.2) is 43.0 Å². The Balaban J connectivity index is 1.55. The topological polar surface area (TPSA) is 75.7 Å². The zero-order valence-corrected chi connectivity index (χ0v) is 15.8. The molecule has 4 rings (SSSR count). The van der Waals surface area contributed by atoms with Crippen molar-refractivity contribution in [1.29, 1.82) is 0 Å². The summed E-state index contributed by atoms with van der Waals surface area (Å²) in [7, 11) is 0. The summed E-state index contributed by atoms with van der Waals surface area (Å²) in [6.07, 6.45) is 0. The van der Waals surface area contributed by atoms with E-state index in [2.05, 4.69) is 5.32 Å². The number of nitrogens with one attached hydrogen (secondary N) is 1. The maximum atomic E-state index is 12.6. The van der Waals surface area contributed by atoms with Crippen molar-refractivity contribution in [1.82, 2.24) is 4.90 Å². The molecule has 7 heteroatoms. The summed E-state index contributed by atoms with van der Waals surface area (Å²) in [5.74, 6) is -0.460. The molecule has 2 amide bonds. The summed E-state index contributed by atoms with van der Waals surface area (Å²) in [6.45, 7) is 2.17. The minimum Gasteiger partial charge on any atom is -0.378 e. The third-order valence-electron chi connectivity index (χ3n) is 4.56. The number of anilines is 1. The van der Waals surface area contributed by atoms with Crippen molar-refractivity contribution in [3.63, 3.8) is 0 Å². The van der Waals surface area contributed by atoms with Crippen molar-refractivity contribution in [3.8, 4) is 0 Å². The van der Waals surface area contributed by atoms with Crippen LogP contribution in [0.15, 0.2) is 59.4 Å². The number of ether oxygens (including phenoxy) is 1. The molecular formula is C21H18N2O4S. The monoisotopic (exact) mass is 394 g/mol. The van der Waals surface area contributed by atoms with E-state index < -0.39 is 0 Å². The van der Waals surface area contributed by atoms with Gasteiger partial charge < -0.3 is 15.0 Å². The summed E-state index contributed by atoms with van der Waals surface area (Å²) in [4.78, 5) is 39.6. The molecule has 1 aromatic heterocycles. The summed E-state index contributed by atoms with van der Waals surface area (Å²) >= 11 is 0.911. The van der Waals surface area contributed by atoms with Gasteiger partial charge in [0.25, 0.3) is 11.8 Å². The lowest BCUT2D eigenvalue weighted by atomic mass is 10.1. The van der Waals surface area contributed by atoms with Crippen LogP contribution in [0.1, 0.15) is 20.0 Å². The van der Waals surface area contributed by atoms with Crippen molar-refractivity contribution in [3.05, 3.63) is 74.6 Å². The molecule has 0 spiro atoms. The number of rotatable bonds is 3. The highest BCUT2D eigenvalue weighted by Gasteiger charge is 2.19. The Hall–Kier alpha value is -3.03. The van der Waals surface area contributed by atoms with Crippen molar-refractivity contribution in [2.75, 3.05) is 31.6 Å². The van der Waals surface area contributed by atoms with E-state index in [1.807, 2.05) is 12.1 Å². The number of hydrogen-bond donors (Lipinski definition) is 1. The van der Waals surface area contributed by atoms with Gasteiger partial charge in [0.05, 0.1) is 18.1 Å². The smallest absolute Gasteiger partial charge is 0.265 e. The van der Waals surface area contributed by atoms with Crippen LogP contribution in [0, 0.1) is 0 Å². The van der Waals surface area contributed by atoms with Crippen LogP contribution in [0.5, 0.6) is 0 Å². The van der Waals surface area contributed by atoms with Crippen LogP contribution in [0.25, 0.3) is 10.8 Å². The van der Waals surface area contributed by atoms with E-state index in [0.717, 1.165) is 16.7 Å². The Kier molecular flexibility index (Phi) is 5.18. The highest BCUT2D eigenvalue weighted by molar-refractivity contribution is 7.12. The Morgan fingerprint density at radius 1 is 1.00 bits per heavy atom. The van der Waals surface area contributed by atoms with Gasteiger partial charge in [-0.25, -0.2) is 0 Å². The predicted octanol–water partition coefficient (Wildman–Crippen LogP) is 2.99. The van der Waals surface area contributed by atoms with Crippen molar-refractivity contribution in [2.24, 2.45) is 0 Å². The molecule has 0 aliphatic carbocycles. The lowest BCUT2D eigenvalue weighted by Crippen LogP contribution is -2.40. The highest BCUT2D eigenvalue weighted by Crippen LogP contribution is 2.18. The molecule has 142 valence electrons. The fourth-order valence-electron chi connectivity index (χ4n) is 3.12. The first kappa shape index (κ1) is 18.3. The van der Waals surface area contributed by atoms with Gasteiger partial charge in [-0.15, -0.1) is 0 Å². The molecule has 1 aliphatic heterocycles. The summed E-state index contributed by atoms with van der Waals surface area (Å²) in [6, 6.07) is 15.7. The fraction of sp³-hybridized carbons (Fsp3) is 0.190. The maximum absolute atomic E-state index is 12.6. The van der Waals surface area contributed by atoms with Crippen molar-refractivity contribution >= 4 is 39.6 Å².